The van der Waals surface area contributed by atoms with Crippen LogP contribution in [0.1, 0.15) is 34.7 Å². The molecule has 0 spiro atoms. The molecule has 1 aliphatic rings. The van der Waals surface area contributed by atoms with Gasteiger partial charge in [0.2, 0.25) is 0 Å². The van der Waals surface area contributed by atoms with E-state index in [4.69, 9.17) is 14.3 Å². The molecule has 1 fully saturated rings. The lowest BCUT2D eigenvalue weighted by atomic mass is 9.89. The zero-order valence-corrected chi connectivity index (χ0v) is 16.1. The molecule has 2 heterocycles. The summed E-state index contributed by atoms with van der Waals surface area (Å²) in [6.45, 7) is 2.27. The van der Waals surface area contributed by atoms with E-state index in [1.807, 2.05) is 42.5 Å². The smallest absolute Gasteiger partial charge is 0.167 e. The average Bonchev–Trinajstić information content (AvgIpc) is 3.20. The fourth-order valence-corrected chi connectivity index (χ4v) is 3.97. The molecule has 1 aliphatic heterocycles. The van der Waals surface area contributed by atoms with Gasteiger partial charge < -0.3 is 14.3 Å². The number of aliphatic hydroxyl groups is 1. The largest absolute Gasteiger partial charge is 0.497 e. The maximum Gasteiger partial charge on any atom is 0.167 e. The van der Waals surface area contributed by atoms with Crippen LogP contribution in [0.3, 0.4) is 0 Å². The molecule has 0 radical (unpaired) electrons. The van der Waals surface area contributed by atoms with Crippen LogP contribution in [0, 0.1) is 5.92 Å². The number of furan rings is 1. The third-order valence-electron chi connectivity index (χ3n) is 5.46. The third kappa shape index (κ3) is 3.96. The Morgan fingerprint density at radius 2 is 1.93 bits per heavy atom. The summed E-state index contributed by atoms with van der Waals surface area (Å²) >= 11 is 0. The van der Waals surface area contributed by atoms with Gasteiger partial charge in [-0.1, -0.05) is 18.2 Å². The van der Waals surface area contributed by atoms with E-state index in [-0.39, 0.29) is 18.3 Å². The first kappa shape index (κ1) is 18.7. The van der Waals surface area contributed by atoms with Crippen LogP contribution in [0.25, 0.3) is 10.8 Å². The van der Waals surface area contributed by atoms with Crippen LogP contribution in [0.15, 0.2) is 52.9 Å². The number of aliphatic hydroxyl groups excluding tert-OH is 1. The second-order valence-electron chi connectivity index (χ2n) is 7.39. The Labute approximate surface area is 164 Å². The van der Waals surface area contributed by atoms with Crippen LogP contribution < -0.4 is 4.74 Å². The van der Waals surface area contributed by atoms with Gasteiger partial charge in [-0.15, -0.1) is 0 Å². The van der Waals surface area contributed by atoms with E-state index in [0.29, 0.717) is 12.3 Å². The molecular formula is C23H25NO4. The predicted octanol–water partition coefficient (Wildman–Crippen LogP) is 4.03. The van der Waals surface area contributed by atoms with Gasteiger partial charge in [-0.2, -0.15) is 0 Å². The molecule has 0 aliphatic carbocycles. The normalized spacial score (nSPS) is 17.7. The molecule has 0 unspecified atom stereocenters. The number of rotatable bonds is 6. The van der Waals surface area contributed by atoms with E-state index in [1.165, 1.54) is 0 Å². The quantitative estimate of drug-likeness (QED) is 0.655. The predicted molar refractivity (Wildman–Crippen MR) is 107 cm³/mol. The molecule has 28 heavy (non-hydrogen) atoms. The van der Waals surface area contributed by atoms with Gasteiger partial charge in [0.15, 0.2) is 5.78 Å². The van der Waals surface area contributed by atoms with Crippen molar-refractivity contribution >= 4 is 16.6 Å². The molecule has 0 amide bonds. The van der Waals surface area contributed by atoms with Gasteiger partial charge in [-0.25, -0.2) is 0 Å². The number of carbonyl (C=O) groups excluding carboxylic acids is 1. The lowest BCUT2D eigenvalue weighted by Crippen LogP contribution is -2.38. The highest BCUT2D eigenvalue weighted by Crippen LogP contribution is 2.26. The van der Waals surface area contributed by atoms with Gasteiger partial charge in [-0.3, -0.25) is 9.69 Å². The summed E-state index contributed by atoms with van der Waals surface area (Å²) in [5.41, 5.74) is 0.769. The lowest BCUT2D eigenvalue weighted by molar-refractivity contribution is 0.0801. The fourth-order valence-electron chi connectivity index (χ4n) is 3.97. The summed E-state index contributed by atoms with van der Waals surface area (Å²) in [4.78, 5) is 15.4. The Kier molecular flexibility index (Phi) is 5.46. The minimum atomic E-state index is -0.0883. The molecule has 3 aromatic rings. The number of likely N-dealkylation sites (tertiary alicyclic amines) is 1. The number of methoxy groups -OCH3 is 1. The summed E-state index contributed by atoms with van der Waals surface area (Å²) in [6.07, 6.45) is 1.91. The Morgan fingerprint density at radius 1 is 1.14 bits per heavy atom. The summed E-state index contributed by atoms with van der Waals surface area (Å²) in [6, 6.07) is 15.5. The summed E-state index contributed by atoms with van der Waals surface area (Å²) in [5, 5.41) is 11.3. The van der Waals surface area contributed by atoms with Crippen molar-refractivity contribution in [2.75, 3.05) is 20.2 Å². The second-order valence-corrected chi connectivity index (χ2v) is 7.39. The molecule has 1 saturated heterocycles. The maximum absolute atomic E-state index is 13.1. The number of hydrogen-bond acceptors (Lipinski definition) is 5. The number of Topliss-reactive ketones (excluding diaryl/α,β-unsaturated/α-hetero) is 1. The van der Waals surface area contributed by atoms with Crippen LogP contribution >= 0.6 is 0 Å². The summed E-state index contributed by atoms with van der Waals surface area (Å²) in [7, 11) is 1.65. The number of ketones is 1. The Morgan fingerprint density at radius 3 is 2.71 bits per heavy atom. The molecule has 0 bridgehead atoms. The van der Waals surface area contributed by atoms with E-state index < -0.39 is 0 Å². The van der Waals surface area contributed by atoms with Crippen molar-refractivity contribution in [3.05, 3.63) is 65.6 Å². The maximum atomic E-state index is 13.1. The minimum Gasteiger partial charge on any atom is -0.497 e. The highest BCUT2D eigenvalue weighted by molar-refractivity contribution is 6.01. The minimum absolute atomic E-state index is 0.00303. The van der Waals surface area contributed by atoms with E-state index in [2.05, 4.69) is 4.90 Å². The van der Waals surface area contributed by atoms with E-state index in [1.54, 1.807) is 13.2 Å². The first-order valence-corrected chi connectivity index (χ1v) is 9.69. The van der Waals surface area contributed by atoms with Crippen molar-refractivity contribution in [3.8, 4) is 5.75 Å². The van der Waals surface area contributed by atoms with Crippen LogP contribution in [0.2, 0.25) is 0 Å². The molecule has 1 atom stereocenters. The molecular weight excluding hydrogens is 354 g/mol. The van der Waals surface area contributed by atoms with E-state index >= 15 is 0 Å². The standard InChI is InChI=1S/C23H25NO4/c1-27-20-7-6-16-11-18(5-4-17(16)12-20)23(26)19-3-2-10-24(13-19)14-21-8-9-22(15-25)28-21/h4-9,11-12,19,25H,2-3,10,13-15H2,1H3/t19-/m1/s1. The number of nitrogens with zero attached hydrogens (tertiary/aromatic N) is 1. The second kappa shape index (κ2) is 8.17. The SMILES string of the molecule is COc1ccc2cc(C(=O)[C@@H]3CCCN(Cc4ccc(CO)o4)C3)ccc2c1. The molecule has 5 nitrogen and oxygen atoms in total. The van der Waals surface area contributed by atoms with Crippen molar-refractivity contribution in [2.24, 2.45) is 5.92 Å². The fraction of sp³-hybridized carbons (Fsp3) is 0.348. The van der Waals surface area contributed by atoms with Gasteiger partial charge >= 0.3 is 0 Å². The zero-order chi connectivity index (χ0) is 19.5. The number of benzene rings is 2. The number of carbonyl (C=O) groups is 1. The Bertz CT molecular complexity index is 978. The molecule has 5 heteroatoms. The average molecular weight is 379 g/mol. The highest BCUT2D eigenvalue weighted by atomic mass is 16.5. The lowest BCUT2D eigenvalue weighted by Gasteiger charge is -2.31. The number of fused-ring (bicyclic) bond motifs is 1. The Hall–Kier alpha value is -2.63. The molecule has 1 N–H and O–H groups in total. The van der Waals surface area contributed by atoms with Gasteiger partial charge in [0.1, 0.15) is 23.9 Å². The van der Waals surface area contributed by atoms with Gasteiger partial charge in [0, 0.05) is 18.0 Å². The van der Waals surface area contributed by atoms with Crippen molar-refractivity contribution in [2.45, 2.75) is 26.0 Å². The first-order chi connectivity index (χ1) is 13.7. The molecule has 4 rings (SSSR count). The van der Waals surface area contributed by atoms with Gasteiger partial charge in [0.25, 0.3) is 0 Å². The van der Waals surface area contributed by atoms with Crippen molar-refractivity contribution in [3.63, 3.8) is 0 Å². The summed E-state index contributed by atoms with van der Waals surface area (Å²) < 4.78 is 10.9. The molecule has 0 saturated carbocycles. The molecule has 146 valence electrons. The first-order valence-electron chi connectivity index (χ1n) is 9.69. The number of hydrogen-bond donors (Lipinski definition) is 1. The molecule has 2 aromatic carbocycles. The zero-order valence-electron chi connectivity index (χ0n) is 16.1. The molecule has 1 aromatic heterocycles. The summed E-state index contributed by atoms with van der Waals surface area (Å²) in [5.74, 6) is 2.43. The van der Waals surface area contributed by atoms with E-state index in [9.17, 15) is 4.79 Å². The van der Waals surface area contributed by atoms with Crippen molar-refractivity contribution < 1.29 is 19.1 Å². The topological polar surface area (TPSA) is 62.9 Å². The number of ether oxygens (including phenoxy) is 1. The van der Waals surface area contributed by atoms with Crippen LogP contribution in [-0.2, 0) is 13.2 Å². The highest BCUT2D eigenvalue weighted by Gasteiger charge is 2.27. The van der Waals surface area contributed by atoms with Gasteiger partial charge in [0.05, 0.1) is 13.7 Å². The monoisotopic (exact) mass is 379 g/mol. The number of piperidine rings is 1. The van der Waals surface area contributed by atoms with Crippen molar-refractivity contribution in [1.29, 1.82) is 0 Å². The van der Waals surface area contributed by atoms with Crippen molar-refractivity contribution in [1.82, 2.24) is 4.90 Å². The van der Waals surface area contributed by atoms with Crippen LogP contribution in [0.4, 0.5) is 0 Å². The van der Waals surface area contributed by atoms with Crippen LogP contribution in [0.5, 0.6) is 5.75 Å². The van der Waals surface area contributed by atoms with E-state index in [0.717, 1.165) is 53.8 Å². The van der Waals surface area contributed by atoms with Crippen LogP contribution in [-0.4, -0.2) is 36.0 Å². The third-order valence-corrected chi connectivity index (χ3v) is 5.46. The Balaban J connectivity index is 1.46. The van der Waals surface area contributed by atoms with Gasteiger partial charge in [-0.05, 0) is 60.5 Å².